The zero-order valence-electron chi connectivity index (χ0n) is 14.1. The van der Waals surface area contributed by atoms with Gasteiger partial charge < -0.3 is 16.4 Å². The number of nitrogens with one attached hydrogen (secondary N) is 2. The van der Waals surface area contributed by atoms with Gasteiger partial charge in [0.25, 0.3) is 0 Å². The van der Waals surface area contributed by atoms with Crippen molar-refractivity contribution in [1.82, 2.24) is 10.6 Å². The van der Waals surface area contributed by atoms with E-state index in [1.807, 2.05) is 13.8 Å². The Morgan fingerprint density at radius 3 is 2.14 bits per heavy atom. The monoisotopic (exact) mass is 329 g/mol. The molecule has 0 spiro atoms. The molecule has 3 unspecified atom stereocenters. The lowest BCUT2D eigenvalue weighted by Gasteiger charge is -2.30. The van der Waals surface area contributed by atoms with Crippen molar-refractivity contribution >= 4 is 20.7 Å². The molecular formula is C16H32N3O2P. The maximum atomic E-state index is 12.3. The van der Waals surface area contributed by atoms with Crippen LogP contribution in [-0.4, -0.2) is 37.1 Å². The van der Waals surface area contributed by atoms with Crippen molar-refractivity contribution in [2.24, 2.45) is 23.5 Å². The van der Waals surface area contributed by atoms with Crippen molar-refractivity contribution < 1.29 is 9.59 Å². The lowest BCUT2D eigenvalue weighted by atomic mass is 9.79. The maximum absolute atomic E-state index is 12.3. The largest absolute Gasteiger partial charge is 0.345 e. The predicted molar refractivity (Wildman–Crippen MR) is 93.5 cm³/mol. The average Bonchev–Trinajstić information content (AvgIpc) is 2.47. The van der Waals surface area contributed by atoms with Crippen LogP contribution < -0.4 is 16.4 Å². The number of hydrogen-bond acceptors (Lipinski definition) is 4. The molecule has 0 aromatic rings. The molecule has 5 nitrogen and oxygen atoms in total. The van der Waals surface area contributed by atoms with Crippen LogP contribution in [-0.2, 0) is 9.59 Å². The van der Waals surface area contributed by atoms with Gasteiger partial charge >= 0.3 is 0 Å². The van der Waals surface area contributed by atoms with Gasteiger partial charge in [0.15, 0.2) is 5.52 Å². The summed E-state index contributed by atoms with van der Waals surface area (Å²) in [6.45, 7) is 4.74. The fraction of sp³-hybridized carbons (Fsp3) is 0.875. The molecule has 0 aromatic carbocycles. The summed E-state index contributed by atoms with van der Waals surface area (Å²) in [6.07, 6.45) is 5.22. The molecule has 1 fully saturated rings. The minimum Gasteiger partial charge on any atom is -0.345 e. The highest BCUT2D eigenvalue weighted by atomic mass is 31.0. The normalized spacial score (nSPS) is 24.8. The molecule has 22 heavy (non-hydrogen) atoms. The van der Waals surface area contributed by atoms with E-state index in [2.05, 4.69) is 19.9 Å². The first-order valence-electron chi connectivity index (χ1n) is 8.36. The summed E-state index contributed by atoms with van der Waals surface area (Å²) >= 11 is 0. The summed E-state index contributed by atoms with van der Waals surface area (Å²) in [5, 5.41) is 5.94. The number of nitrogens with two attached hydrogens (primary N) is 1. The van der Waals surface area contributed by atoms with Crippen molar-refractivity contribution in [3.63, 3.8) is 0 Å². The third-order valence-electron chi connectivity index (χ3n) is 4.79. The molecule has 0 radical (unpaired) electrons. The van der Waals surface area contributed by atoms with Crippen LogP contribution in [0.3, 0.4) is 0 Å². The Balaban J connectivity index is 2.56. The van der Waals surface area contributed by atoms with Gasteiger partial charge in [-0.3, -0.25) is 9.59 Å². The molecule has 0 aliphatic heterocycles. The number of amides is 1. The van der Waals surface area contributed by atoms with Gasteiger partial charge in [-0.05, 0) is 50.6 Å². The average molecular weight is 329 g/mol. The number of rotatable bonds is 8. The van der Waals surface area contributed by atoms with E-state index in [-0.39, 0.29) is 23.4 Å². The van der Waals surface area contributed by atoms with E-state index >= 15 is 0 Å². The molecule has 3 atom stereocenters. The molecule has 1 aliphatic carbocycles. The molecule has 128 valence electrons. The second-order valence-corrected chi connectivity index (χ2v) is 7.40. The van der Waals surface area contributed by atoms with Gasteiger partial charge in [-0.2, -0.15) is 0 Å². The summed E-state index contributed by atoms with van der Waals surface area (Å²) in [5.41, 5.74) is 5.69. The molecule has 1 aliphatic rings. The van der Waals surface area contributed by atoms with Gasteiger partial charge in [0.05, 0.1) is 12.1 Å². The number of likely N-dealkylation sites (N-methyl/N-ethyl adjacent to an activating group) is 1. The molecular weight excluding hydrogens is 297 g/mol. The Hall–Kier alpha value is -0.510. The molecule has 0 heterocycles. The van der Waals surface area contributed by atoms with E-state index in [1.54, 1.807) is 7.05 Å². The van der Waals surface area contributed by atoms with E-state index in [0.717, 1.165) is 38.6 Å². The molecule has 4 N–H and O–H groups in total. The Labute approximate surface area is 136 Å². The Bertz CT molecular complexity index is 368. The zero-order chi connectivity index (χ0) is 16.7. The summed E-state index contributed by atoms with van der Waals surface area (Å²) in [6, 6.07) is -0.661. The third-order valence-corrected chi connectivity index (χ3v) is 5.19. The highest BCUT2D eigenvalue weighted by Gasteiger charge is 2.28. The maximum Gasteiger partial charge on any atom is 0.237 e. The standard InChI is InChI=1S/C16H32N3O2P/c1-10(2)14(18-3)15(20)19-13(16(21)22)8-11-4-6-12(9-17)7-5-11/h10-14,18H,4-9,17,22H2,1-3H3,(H,19,20). The van der Waals surface area contributed by atoms with Gasteiger partial charge in [-0.25, -0.2) is 0 Å². The number of carbonyl (C=O) groups is 2. The first kappa shape index (κ1) is 19.5. The van der Waals surface area contributed by atoms with Crippen LogP contribution in [0.2, 0.25) is 0 Å². The first-order chi connectivity index (χ1) is 10.4. The third kappa shape index (κ3) is 5.94. The minimum atomic E-state index is -0.397. The minimum absolute atomic E-state index is 0.0343. The van der Waals surface area contributed by atoms with E-state index in [0.29, 0.717) is 11.8 Å². The van der Waals surface area contributed by atoms with Crippen LogP contribution in [0.4, 0.5) is 0 Å². The SMILES string of the molecule is CNC(C(=O)NC(CC1CCC(CN)CC1)C(=O)P)C(C)C. The smallest absolute Gasteiger partial charge is 0.237 e. The number of hydrogen-bond donors (Lipinski definition) is 3. The molecule has 0 saturated heterocycles. The van der Waals surface area contributed by atoms with Crippen molar-refractivity contribution in [1.29, 1.82) is 0 Å². The topological polar surface area (TPSA) is 84.2 Å². The highest BCUT2D eigenvalue weighted by Crippen LogP contribution is 2.31. The quantitative estimate of drug-likeness (QED) is 0.586. The summed E-state index contributed by atoms with van der Waals surface area (Å²) < 4.78 is 0. The fourth-order valence-electron chi connectivity index (χ4n) is 3.31. The summed E-state index contributed by atoms with van der Waals surface area (Å²) in [5.74, 6) is 1.23. The second-order valence-electron chi connectivity index (χ2n) is 6.83. The molecule has 0 aromatic heterocycles. The second kappa shape index (κ2) is 9.59. The van der Waals surface area contributed by atoms with E-state index in [1.165, 1.54) is 0 Å². The van der Waals surface area contributed by atoms with Crippen molar-refractivity contribution in [3.8, 4) is 0 Å². The van der Waals surface area contributed by atoms with Gasteiger partial charge in [0.2, 0.25) is 5.91 Å². The van der Waals surface area contributed by atoms with Gasteiger partial charge in [-0.15, -0.1) is 0 Å². The van der Waals surface area contributed by atoms with Crippen molar-refractivity contribution in [2.45, 2.75) is 58.0 Å². The molecule has 1 amide bonds. The Kier molecular flexibility index (Phi) is 8.52. The first-order valence-corrected chi connectivity index (χ1v) is 8.93. The predicted octanol–water partition coefficient (Wildman–Crippen LogP) is 1.27. The summed E-state index contributed by atoms with van der Waals surface area (Å²) in [4.78, 5) is 24.2. The van der Waals surface area contributed by atoms with E-state index < -0.39 is 6.04 Å². The van der Waals surface area contributed by atoms with Gasteiger partial charge in [-0.1, -0.05) is 35.9 Å². The zero-order valence-corrected chi connectivity index (χ0v) is 15.3. The molecule has 1 saturated carbocycles. The van der Waals surface area contributed by atoms with Gasteiger partial charge in [0, 0.05) is 0 Å². The van der Waals surface area contributed by atoms with Crippen LogP contribution in [0.15, 0.2) is 0 Å². The molecule has 6 heteroatoms. The van der Waals surface area contributed by atoms with E-state index in [4.69, 9.17) is 5.73 Å². The van der Waals surface area contributed by atoms with Crippen LogP contribution in [0.25, 0.3) is 0 Å². The van der Waals surface area contributed by atoms with Crippen LogP contribution in [0.1, 0.15) is 46.0 Å². The van der Waals surface area contributed by atoms with Crippen LogP contribution >= 0.6 is 9.24 Å². The van der Waals surface area contributed by atoms with Crippen LogP contribution in [0, 0.1) is 17.8 Å². The lowest BCUT2D eigenvalue weighted by Crippen LogP contribution is -2.51. The molecule has 0 bridgehead atoms. The Morgan fingerprint density at radius 2 is 1.73 bits per heavy atom. The fourth-order valence-corrected chi connectivity index (χ4v) is 3.53. The van der Waals surface area contributed by atoms with Gasteiger partial charge in [0.1, 0.15) is 0 Å². The van der Waals surface area contributed by atoms with Crippen molar-refractivity contribution in [3.05, 3.63) is 0 Å². The lowest BCUT2D eigenvalue weighted by molar-refractivity contribution is -0.127. The number of carbonyl (C=O) groups excluding carboxylic acids is 2. The highest BCUT2D eigenvalue weighted by molar-refractivity contribution is 7.40. The van der Waals surface area contributed by atoms with E-state index in [9.17, 15) is 9.59 Å². The van der Waals surface area contributed by atoms with Crippen LogP contribution in [0.5, 0.6) is 0 Å². The summed E-state index contributed by atoms with van der Waals surface area (Å²) in [7, 11) is 3.99. The van der Waals surface area contributed by atoms with Crippen molar-refractivity contribution in [2.75, 3.05) is 13.6 Å². The molecule has 1 rings (SSSR count). The Morgan fingerprint density at radius 1 is 1.18 bits per heavy atom.